The zero-order chi connectivity index (χ0) is 12.1. The van der Waals surface area contributed by atoms with E-state index < -0.39 is 0 Å². The summed E-state index contributed by atoms with van der Waals surface area (Å²) in [5, 5.41) is 3.29. The molecule has 0 spiro atoms. The lowest BCUT2D eigenvalue weighted by Crippen LogP contribution is -2.37. The number of hydrogen-bond donors (Lipinski definition) is 1. The van der Waals surface area contributed by atoms with E-state index >= 15 is 0 Å². The minimum atomic E-state index is 0.890. The smallest absolute Gasteiger partial charge is 0.0797 e. The van der Waals surface area contributed by atoms with E-state index in [2.05, 4.69) is 29.2 Å². The molecule has 2 rings (SSSR count). The van der Waals surface area contributed by atoms with Crippen LogP contribution in [0.15, 0.2) is 5.51 Å². The molecule has 0 aromatic carbocycles. The molecule has 3 nitrogen and oxygen atoms in total. The molecule has 1 aliphatic rings. The minimum Gasteiger partial charge on any atom is -0.319 e. The summed E-state index contributed by atoms with van der Waals surface area (Å²) in [4.78, 5) is 8.37. The molecule has 0 saturated carbocycles. The zero-order valence-electron chi connectivity index (χ0n) is 10.9. The first-order valence-corrected chi connectivity index (χ1v) is 7.43. The molecule has 1 aromatic heterocycles. The van der Waals surface area contributed by atoms with Crippen molar-refractivity contribution in [1.82, 2.24) is 15.2 Å². The van der Waals surface area contributed by atoms with Crippen LogP contribution in [0.25, 0.3) is 0 Å². The molecule has 1 fully saturated rings. The molecule has 2 heterocycles. The Hall–Kier alpha value is -0.450. The van der Waals surface area contributed by atoms with Gasteiger partial charge in [0.05, 0.1) is 11.2 Å². The second-order valence-corrected chi connectivity index (χ2v) is 5.89. The predicted octanol–water partition coefficient (Wildman–Crippen LogP) is 1.93. The van der Waals surface area contributed by atoms with Crippen molar-refractivity contribution < 1.29 is 0 Å². The van der Waals surface area contributed by atoms with E-state index in [4.69, 9.17) is 0 Å². The molecule has 0 unspecified atom stereocenters. The summed E-state index contributed by atoms with van der Waals surface area (Å²) in [5.74, 6) is 0.890. The molecule has 1 aliphatic heterocycles. The molecule has 1 aromatic rings. The van der Waals surface area contributed by atoms with Crippen LogP contribution in [0.5, 0.6) is 0 Å². The number of thiazole rings is 1. The maximum absolute atomic E-state index is 4.31. The Labute approximate surface area is 108 Å². The van der Waals surface area contributed by atoms with E-state index in [0.717, 1.165) is 5.92 Å². The lowest BCUT2D eigenvalue weighted by molar-refractivity contribution is 0.186. The van der Waals surface area contributed by atoms with Gasteiger partial charge in [0, 0.05) is 11.4 Å². The third-order valence-corrected chi connectivity index (χ3v) is 4.69. The number of hydrogen-bond acceptors (Lipinski definition) is 4. The van der Waals surface area contributed by atoms with Crippen molar-refractivity contribution in [3.8, 4) is 0 Å². The van der Waals surface area contributed by atoms with Gasteiger partial charge in [0.2, 0.25) is 0 Å². The van der Waals surface area contributed by atoms with Gasteiger partial charge < -0.3 is 10.2 Å². The summed E-state index contributed by atoms with van der Waals surface area (Å²) in [6.45, 7) is 7.04. The van der Waals surface area contributed by atoms with E-state index in [9.17, 15) is 0 Å². The average molecular weight is 253 g/mol. The van der Waals surface area contributed by atoms with Gasteiger partial charge in [-0.1, -0.05) is 0 Å². The van der Waals surface area contributed by atoms with Gasteiger partial charge in [0.1, 0.15) is 0 Å². The Morgan fingerprint density at radius 2 is 2.24 bits per heavy atom. The van der Waals surface area contributed by atoms with E-state index in [-0.39, 0.29) is 0 Å². The van der Waals surface area contributed by atoms with Crippen molar-refractivity contribution in [3.63, 3.8) is 0 Å². The molecule has 0 atom stereocenters. The van der Waals surface area contributed by atoms with Gasteiger partial charge in [-0.3, -0.25) is 0 Å². The Morgan fingerprint density at radius 3 is 2.82 bits per heavy atom. The number of rotatable bonds is 5. The highest BCUT2D eigenvalue weighted by molar-refractivity contribution is 7.09. The van der Waals surface area contributed by atoms with Crippen LogP contribution in [0.3, 0.4) is 0 Å². The van der Waals surface area contributed by atoms with Gasteiger partial charge in [-0.15, -0.1) is 11.3 Å². The van der Waals surface area contributed by atoms with Crippen molar-refractivity contribution >= 4 is 11.3 Å². The molecule has 1 saturated heterocycles. The van der Waals surface area contributed by atoms with Crippen LogP contribution in [-0.4, -0.2) is 43.1 Å². The van der Waals surface area contributed by atoms with Crippen LogP contribution >= 0.6 is 11.3 Å². The Bertz CT molecular complexity index is 329. The van der Waals surface area contributed by atoms with Gasteiger partial charge in [-0.2, -0.15) is 0 Å². The summed E-state index contributed by atoms with van der Waals surface area (Å²) in [6.07, 6.45) is 3.87. The quantitative estimate of drug-likeness (QED) is 0.869. The number of piperidine rings is 1. The lowest BCUT2D eigenvalue weighted by atomic mass is 9.97. The Balaban J connectivity index is 1.70. The highest BCUT2D eigenvalue weighted by Crippen LogP contribution is 2.18. The van der Waals surface area contributed by atoms with E-state index in [0.29, 0.717) is 0 Å². The van der Waals surface area contributed by atoms with Crippen LogP contribution in [0.4, 0.5) is 0 Å². The standard InChI is InChI=1S/C13H23N3S/c1-11-13(17-10-15-11)5-8-16-6-3-12(4-7-16)9-14-2/h10,12,14H,3-9H2,1-2H3. The van der Waals surface area contributed by atoms with Crippen LogP contribution in [0.1, 0.15) is 23.4 Å². The summed E-state index contributed by atoms with van der Waals surface area (Å²) < 4.78 is 0. The molecule has 0 aliphatic carbocycles. The number of likely N-dealkylation sites (tertiary alicyclic amines) is 1. The average Bonchev–Trinajstić information content (AvgIpc) is 2.75. The summed E-state index contributed by atoms with van der Waals surface area (Å²) in [6, 6.07) is 0. The third kappa shape index (κ3) is 3.76. The number of nitrogens with one attached hydrogen (secondary N) is 1. The highest BCUT2D eigenvalue weighted by atomic mass is 32.1. The zero-order valence-corrected chi connectivity index (χ0v) is 11.7. The predicted molar refractivity (Wildman–Crippen MR) is 73.6 cm³/mol. The van der Waals surface area contributed by atoms with Crippen LogP contribution < -0.4 is 5.32 Å². The van der Waals surface area contributed by atoms with Gasteiger partial charge >= 0.3 is 0 Å². The minimum absolute atomic E-state index is 0.890. The third-order valence-electron chi connectivity index (χ3n) is 3.70. The van der Waals surface area contributed by atoms with Gasteiger partial charge in [-0.05, 0) is 58.8 Å². The second-order valence-electron chi connectivity index (χ2n) is 4.95. The van der Waals surface area contributed by atoms with Crippen molar-refractivity contribution in [3.05, 3.63) is 16.1 Å². The lowest BCUT2D eigenvalue weighted by Gasteiger charge is -2.31. The first-order chi connectivity index (χ1) is 8.29. The van der Waals surface area contributed by atoms with E-state index in [1.807, 2.05) is 5.51 Å². The fourth-order valence-electron chi connectivity index (χ4n) is 2.53. The number of aryl methyl sites for hydroxylation is 1. The van der Waals surface area contributed by atoms with E-state index in [1.54, 1.807) is 11.3 Å². The van der Waals surface area contributed by atoms with Crippen LogP contribution in [0, 0.1) is 12.8 Å². The molecule has 4 heteroatoms. The van der Waals surface area contributed by atoms with Gasteiger partial charge in [0.25, 0.3) is 0 Å². The normalized spacial score (nSPS) is 18.7. The molecule has 0 amide bonds. The van der Waals surface area contributed by atoms with Gasteiger partial charge in [0.15, 0.2) is 0 Å². The van der Waals surface area contributed by atoms with Crippen molar-refractivity contribution in [2.24, 2.45) is 5.92 Å². The van der Waals surface area contributed by atoms with E-state index in [1.165, 1.54) is 56.0 Å². The van der Waals surface area contributed by atoms with Crippen molar-refractivity contribution in [1.29, 1.82) is 0 Å². The molecular weight excluding hydrogens is 230 g/mol. The maximum Gasteiger partial charge on any atom is 0.0797 e. The molecule has 1 N–H and O–H groups in total. The summed E-state index contributed by atoms with van der Waals surface area (Å²) in [5.41, 5.74) is 3.18. The first kappa shape index (κ1) is 13.0. The number of nitrogens with zero attached hydrogens (tertiary/aromatic N) is 2. The highest BCUT2D eigenvalue weighted by Gasteiger charge is 2.18. The summed E-state index contributed by atoms with van der Waals surface area (Å²) >= 11 is 1.80. The monoisotopic (exact) mass is 253 g/mol. The topological polar surface area (TPSA) is 28.2 Å². The molecule has 0 bridgehead atoms. The van der Waals surface area contributed by atoms with Crippen LogP contribution in [-0.2, 0) is 6.42 Å². The van der Waals surface area contributed by atoms with Crippen molar-refractivity contribution in [2.75, 3.05) is 33.2 Å². The SMILES string of the molecule is CNCC1CCN(CCc2scnc2C)CC1. The number of aromatic nitrogens is 1. The maximum atomic E-state index is 4.31. The van der Waals surface area contributed by atoms with Gasteiger partial charge in [-0.25, -0.2) is 4.98 Å². The summed E-state index contributed by atoms with van der Waals surface area (Å²) in [7, 11) is 2.05. The Morgan fingerprint density at radius 1 is 1.47 bits per heavy atom. The fourth-order valence-corrected chi connectivity index (χ4v) is 3.30. The molecular formula is C13H23N3S. The van der Waals surface area contributed by atoms with Crippen LogP contribution in [0.2, 0.25) is 0 Å². The molecule has 0 radical (unpaired) electrons. The Kier molecular flexibility index (Phi) is 4.95. The second kappa shape index (κ2) is 6.47. The fraction of sp³-hybridized carbons (Fsp3) is 0.769. The first-order valence-electron chi connectivity index (χ1n) is 6.55. The van der Waals surface area contributed by atoms with Crippen molar-refractivity contribution in [2.45, 2.75) is 26.2 Å². The molecule has 17 heavy (non-hydrogen) atoms. The molecule has 96 valence electrons. The largest absolute Gasteiger partial charge is 0.319 e.